The van der Waals surface area contributed by atoms with Crippen LogP contribution in [0.1, 0.15) is 0 Å². The van der Waals surface area contributed by atoms with Crippen molar-refractivity contribution in [2.45, 2.75) is 11.3 Å². The van der Waals surface area contributed by atoms with E-state index in [0.29, 0.717) is 0 Å². The molecule has 0 saturated carbocycles. The summed E-state index contributed by atoms with van der Waals surface area (Å²) in [6.07, 6.45) is -1.83. The van der Waals surface area contributed by atoms with Gasteiger partial charge in [-0.2, -0.15) is 0 Å². The summed E-state index contributed by atoms with van der Waals surface area (Å²) in [7, 11) is -3.15. The Hall–Kier alpha value is -2.92. The van der Waals surface area contributed by atoms with Gasteiger partial charge in [0.1, 0.15) is 17.3 Å². The maximum atomic E-state index is 14.2. The van der Waals surface area contributed by atoms with Crippen molar-refractivity contribution in [2.75, 3.05) is 18.4 Å². The summed E-state index contributed by atoms with van der Waals surface area (Å²) in [5, 5.41) is 0.366. The number of aromatic amines is 1. The van der Waals surface area contributed by atoms with Crippen LogP contribution in [0.2, 0.25) is 5.02 Å². The number of pyridine rings is 1. The van der Waals surface area contributed by atoms with Crippen molar-refractivity contribution in [2.24, 2.45) is 0 Å². The van der Waals surface area contributed by atoms with E-state index in [1.165, 1.54) is 25.3 Å². The molecule has 0 atom stereocenters. The van der Waals surface area contributed by atoms with Gasteiger partial charge < -0.3 is 14.5 Å². The molecule has 2 aromatic carbocycles. The monoisotopic (exact) mass is 462 g/mol. The van der Waals surface area contributed by atoms with Crippen LogP contribution in [0, 0.1) is 5.82 Å². The zero-order valence-electron chi connectivity index (χ0n) is 15.2. The molecule has 160 valence electrons. The van der Waals surface area contributed by atoms with E-state index in [1.807, 2.05) is 0 Å². The fraction of sp³-hybridized carbons (Fsp3) is 0.167. The normalized spacial score (nSPS) is 11.7. The van der Waals surface area contributed by atoms with E-state index in [1.54, 1.807) is 0 Å². The van der Waals surface area contributed by atoms with Crippen LogP contribution in [0.3, 0.4) is 0 Å². The van der Waals surface area contributed by atoms with Crippen LogP contribution in [-0.2, 0) is 10.0 Å². The van der Waals surface area contributed by atoms with Gasteiger partial charge in [-0.15, -0.1) is 0 Å². The molecule has 1 aromatic heterocycles. The molecule has 0 amide bonds. The number of ether oxygens (including phenoxy) is 2. The lowest BCUT2D eigenvalue weighted by atomic mass is 10.2. The molecule has 0 unspecified atom stereocenters. The summed E-state index contributed by atoms with van der Waals surface area (Å²) in [5.41, 5.74) is -0.844. The number of methoxy groups -OCH3 is 1. The van der Waals surface area contributed by atoms with Gasteiger partial charge in [0.05, 0.1) is 12.8 Å². The highest BCUT2D eigenvalue weighted by Gasteiger charge is 2.22. The van der Waals surface area contributed by atoms with E-state index < -0.39 is 40.2 Å². The lowest BCUT2D eigenvalue weighted by Gasteiger charge is -2.15. The number of anilines is 1. The number of hydrogen-bond acceptors (Lipinski definition) is 5. The van der Waals surface area contributed by atoms with E-state index >= 15 is 0 Å². The Morgan fingerprint density at radius 1 is 1.17 bits per heavy atom. The number of hydrogen-bond donors (Lipinski definition) is 2. The first-order valence-electron chi connectivity index (χ1n) is 8.24. The van der Waals surface area contributed by atoms with Gasteiger partial charge >= 0.3 is 0 Å². The van der Waals surface area contributed by atoms with Crippen molar-refractivity contribution in [3.05, 3.63) is 57.7 Å². The molecule has 30 heavy (non-hydrogen) atoms. The fourth-order valence-corrected chi connectivity index (χ4v) is 4.09. The second-order valence-corrected chi connectivity index (χ2v) is 8.05. The van der Waals surface area contributed by atoms with E-state index in [0.717, 1.165) is 18.3 Å². The highest BCUT2D eigenvalue weighted by atomic mass is 35.5. The smallest absolute Gasteiger partial charge is 0.272 e. The predicted molar refractivity (Wildman–Crippen MR) is 105 cm³/mol. The van der Waals surface area contributed by atoms with Crippen LogP contribution in [0.4, 0.5) is 18.9 Å². The third kappa shape index (κ3) is 4.46. The molecule has 3 rings (SSSR count). The molecule has 1 heterocycles. The summed E-state index contributed by atoms with van der Waals surface area (Å²) in [5.74, 6) is -1.77. The molecule has 12 heteroatoms. The van der Waals surface area contributed by atoms with Crippen LogP contribution in [-0.4, -0.2) is 33.5 Å². The van der Waals surface area contributed by atoms with Gasteiger partial charge in [-0.3, -0.25) is 9.52 Å². The number of H-pyrrole nitrogens is 1. The van der Waals surface area contributed by atoms with Crippen molar-refractivity contribution in [3.8, 4) is 11.5 Å². The average molecular weight is 463 g/mol. The van der Waals surface area contributed by atoms with Crippen LogP contribution in [0.15, 0.2) is 46.2 Å². The highest BCUT2D eigenvalue weighted by Crippen LogP contribution is 2.34. The van der Waals surface area contributed by atoms with Gasteiger partial charge in [0, 0.05) is 34.1 Å². The summed E-state index contributed by atoms with van der Waals surface area (Å²) >= 11 is 5.87. The van der Waals surface area contributed by atoms with E-state index in [4.69, 9.17) is 16.3 Å². The Kier molecular flexibility index (Phi) is 6.13. The standard InChI is InChI=1S/C18H14ClF3N2O5S/c1-28-15-6-14(29-8-17(21)22)12(20)5-13(15)24-30(26,27)16-7-23-18(25)11-4-9(19)2-3-10(11)16/h2-7,17,24H,8H2,1H3,(H,23,25). The molecule has 0 aliphatic heterocycles. The van der Waals surface area contributed by atoms with Crippen LogP contribution in [0.25, 0.3) is 10.8 Å². The minimum atomic E-state index is -4.33. The van der Waals surface area contributed by atoms with Gasteiger partial charge in [-0.1, -0.05) is 17.7 Å². The molecule has 0 radical (unpaired) electrons. The summed E-state index contributed by atoms with van der Waals surface area (Å²) in [4.78, 5) is 14.0. The number of nitrogens with one attached hydrogen (secondary N) is 2. The molecule has 0 spiro atoms. The first-order chi connectivity index (χ1) is 14.1. The Labute approximate surface area is 173 Å². The number of sulfonamides is 1. The average Bonchev–Trinajstić information content (AvgIpc) is 2.67. The molecular weight excluding hydrogens is 449 g/mol. The lowest BCUT2D eigenvalue weighted by Crippen LogP contribution is -2.17. The predicted octanol–water partition coefficient (Wildman–Crippen LogP) is 3.77. The van der Waals surface area contributed by atoms with Crippen molar-refractivity contribution >= 4 is 38.1 Å². The summed E-state index contributed by atoms with van der Waals surface area (Å²) in [6, 6.07) is 5.77. The van der Waals surface area contributed by atoms with Crippen LogP contribution < -0.4 is 19.8 Å². The molecule has 0 saturated heterocycles. The number of fused-ring (bicyclic) bond motifs is 1. The fourth-order valence-electron chi connectivity index (χ4n) is 2.67. The zero-order chi connectivity index (χ0) is 22.1. The van der Waals surface area contributed by atoms with E-state index in [9.17, 15) is 26.4 Å². The molecule has 2 N–H and O–H groups in total. The minimum absolute atomic E-state index is 0.0410. The largest absolute Gasteiger partial charge is 0.494 e. The number of aromatic nitrogens is 1. The first-order valence-corrected chi connectivity index (χ1v) is 10.1. The Morgan fingerprint density at radius 3 is 2.57 bits per heavy atom. The number of alkyl halides is 2. The molecule has 0 aliphatic rings. The molecule has 0 aliphatic carbocycles. The van der Waals surface area contributed by atoms with Crippen molar-refractivity contribution in [1.29, 1.82) is 0 Å². The second kappa shape index (κ2) is 8.44. The quantitative estimate of drug-likeness (QED) is 0.557. The van der Waals surface area contributed by atoms with Crippen LogP contribution >= 0.6 is 11.6 Å². The molecular formula is C18H14ClF3N2O5S. The van der Waals surface area contributed by atoms with Gasteiger partial charge in [0.15, 0.2) is 11.6 Å². The van der Waals surface area contributed by atoms with Crippen LogP contribution in [0.5, 0.6) is 11.5 Å². The topological polar surface area (TPSA) is 97.5 Å². The summed E-state index contributed by atoms with van der Waals surface area (Å²) < 4.78 is 76.5. The van der Waals surface area contributed by atoms with Crippen molar-refractivity contribution in [1.82, 2.24) is 4.98 Å². The van der Waals surface area contributed by atoms with Gasteiger partial charge in [-0.05, 0) is 12.1 Å². The number of rotatable bonds is 7. The Balaban J connectivity index is 2.04. The highest BCUT2D eigenvalue weighted by molar-refractivity contribution is 7.93. The van der Waals surface area contributed by atoms with Gasteiger partial charge in [0.2, 0.25) is 0 Å². The van der Waals surface area contributed by atoms with Crippen molar-refractivity contribution < 1.29 is 31.1 Å². The van der Waals surface area contributed by atoms with E-state index in [-0.39, 0.29) is 32.1 Å². The van der Waals surface area contributed by atoms with Crippen molar-refractivity contribution in [3.63, 3.8) is 0 Å². The van der Waals surface area contributed by atoms with Gasteiger partial charge in [0.25, 0.3) is 22.0 Å². The third-order valence-corrected chi connectivity index (χ3v) is 5.62. The Morgan fingerprint density at radius 2 is 1.90 bits per heavy atom. The molecule has 7 nitrogen and oxygen atoms in total. The van der Waals surface area contributed by atoms with E-state index in [2.05, 4.69) is 14.4 Å². The molecule has 0 bridgehead atoms. The lowest BCUT2D eigenvalue weighted by molar-refractivity contribution is 0.0798. The SMILES string of the molecule is COc1cc(OCC(F)F)c(F)cc1NS(=O)(=O)c1c[nH]c(=O)c2cc(Cl)ccc12. The Bertz CT molecular complexity index is 1260. The maximum Gasteiger partial charge on any atom is 0.272 e. The van der Waals surface area contributed by atoms with Gasteiger partial charge in [-0.25, -0.2) is 21.6 Å². The first kappa shape index (κ1) is 21.8. The molecule has 0 fully saturated rings. The summed E-state index contributed by atoms with van der Waals surface area (Å²) in [6.45, 7) is -1.04. The minimum Gasteiger partial charge on any atom is -0.494 e. The molecule has 3 aromatic rings. The third-order valence-electron chi connectivity index (χ3n) is 3.98. The second-order valence-electron chi connectivity index (χ2n) is 5.96. The zero-order valence-corrected chi connectivity index (χ0v) is 16.8. The maximum absolute atomic E-state index is 14.2. The number of halogens is 4. The number of benzene rings is 2.